The molecule has 8 rings (SSSR count). The van der Waals surface area contributed by atoms with Gasteiger partial charge in [0.15, 0.2) is 5.82 Å². The summed E-state index contributed by atoms with van der Waals surface area (Å²) in [6.07, 6.45) is 6.19. The minimum atomic E-state index is -0.779. The van der Waals surface area contributed by atoms with Crippen molar-refractivity contribution in [2.45, 2.75) is 70.8 Å². The van der Waals surface area contributed by atoms with Crippen LogP contribution >= 0.6 is 0 Å². The third-order valence-electron chi connectivity index (χ3n) is 10.7. The van der Waals surface area contributed by atoms with Crippen LogP contribution in [0.3, 0.4) is 0 Å². The topological polar surface area (TPSA) is 154 Å². The van der Waals surface area contributed by atoms with Crippen molar-refractivity contribution in [2.24, 2.45) is 0 Å². The lowest BCUT2D eigenvalue weighted by Gasteiger charge is -2.35. The summed E-state index contributed by atoms with van der Waals surface area (Å²) in [5.41, 5.74) is 2.34. The van der Waals surface area contributed by atoms with Gasteiger partial charge in [-0.05, 0) is 56.4 Å². The number of piperidine rings is 2. The van der Waals surface area contributed by atoms with E-state index in [0.29, 0.717) is 29.7 Å². The molecule has 3 fully saturated rings. The maximum atomic E-state index is 15.4. The van der Waals surface area contributed by atoms with Crippen LogP contribution in [-0.2, 0) is 27.4 Å². The minimum absolute atomic E-state index is 0.0168. The zero-order valence-corrected chi connectivity index (χ0v) is 30.2. The number of carbonyl (C=O) groups is 3. The van der Waals surface area contributed by atoms with Crippen LogP contribution in [-0.4, -0.2) is 111 Å². The van der Waals surface area contributed by atoms with Crippen LogP contribution in [0.15, 0.2) is 36.7 Å². The number of methoxy groups -OCH3 is 1. The normalized spacial score (nSPS) is 20.1. The van der Waals surface area contributed by atoms with E-state index in [1.54, 1.807) is 13.3 Å². The van der Waals surface area contributed by atoms with Gasteiger partial charge in [0.1, 0.15) is 23.5 Å². The van der Waals surface area contributed by atoms with Crippen LogP contribution in [0.5, 0.6) is 0 Å². The first kappa shape index (κ1) is 34.8. The molecule has 0 radical (unpaired) electrons. The molecule has 53 heavy (non-hydrogen) atoms. The van der Waals surface area contributed by atoms with Crippen molar-refractivity contribution in [2.75, 3.05) is 61.5 Å². The van der Waals surface area contributed by atoms with E-state index in [4.69, 9.17) is 19.8 Å². The molecule has 0 aliphatic carbocycles. The molecule has 1 unspecified atom stereocenters. The quantitative estimate of drug-likeness (QED) is 0.243. The van der Waals surface area contributed by atoms with Gasteiger partial charge in [0.25, 0.3) is 5.91 Å². The number of hydrogen-bond acceptors (Lipinski definition) is 12. The zero-order chi connectivity index (χ0) is 36.8. The lowest BCUT2D eigenvalue weighted by atomic mass is 10.0. The number of nitrogens with one attached hydrogen (secondary N) is 2. The van der Waals surface area contributed by atoms with Gasteiger partial charge in [0, 0.05) is 90.4 Å². The number of carbonyl (C=O) groups excluding carboxylic acids is 3. The molecule has 15 nitrogen and oxygen atoms in total. The summed E-state index contributed by atoms with van der Waals surface area (Å²) in [4.78, 5) is 59.3. The summed E-state index contributed by atoms with van der Waals surface area (Å²) in [5.74, 6) is 0.961. The molecule has 2 N–H and O–H groups in total. The summed E-state index contributed by atoms with van der Waals surface area (Å²) in [6.45, 7) is 9.51. The number of halogens is 1. The first-order valence-corrected chi connectivity index (χ1v) is 18.3. The fourth-order valence-electron chi connectivity index (χ4n) is 7.89. The number of rotatable bonds is 9. The SMILES string of the molecule is COC1CCN(c2nccc(Nc3cc4c(cn3)c(N3CCN(Cc5cc(F)c6c(c5)CN(C5CCC(=O)NC5=O)C6=O)CC3)nn4C(C)C)n2)CC1. The highest BCUT2D eigenvalue weighted by atomic mass is 19.1. The van der Waals surface area contributed by atoms with Gasteiger partial charge in [-0.1, -0.05) is 6.07 Å². The van der Waals surface area contributed by atoms with Crippen LogP contribution in [0.4, 0.5) is 27.8 Å². The summed E-state index contributed by atoms with van der Waals surface area (Å²) < 4.78 is 22.9. The number of nitrogens with zero attached hydrogens (tertiary/aromatic N) is 9. The summed E-state index contributed by atoms with van der Waals surface area (Å²) in [6, 6.07) is 6.50. The van der Waals surface area contributed by atoms with Gasteiger partial charge in [0.05, 0.1) is 22.6 Å². The molecule has 1 atom stereocenters. The van der Waals surface area contributed by atoms with E-state index in [0.717, 1.165) is 74.4 Å². The Kier molecular flexibility index (Phi) is 9.41. The van der Waals surface area contributed by atoms with Gasteiger partial charge in [-0.15, -0.1) is 0 Å². The number of piperazine rings is 1. The van der Waals surface area contributed by atoms with Crippen LogP contribution < -0.4 is 20.4 Å². The molecular weight excluding hydrogens is 681 g/mol. The average molecular weight is 726 g/mol. The highest BCUT2D eigenvalue weighted by Gasteiger charge is 2.40. The molecule has 0 bridgehead atoms. The first-order chi connectivity index (χ1) is 25.6. The predicted octanol–water partition coefficient (Wildman–Crippen LogP) is 3.38. The van der Waals surface area contributed by atoms with Gasteiger partial charge >= 0.3 is 0 Å². The Morgan fingerprint density at radius 2 is 1.77 bits per heavy atom. The lowest BCUT2D eigenvalue weighted by Crippen LogP contribution is -2.52. The van der Waals surface area contributed by atoms with E-state index in [-0.39, 0.29) is 43.0 Å². The van der Waals surface area contributed by atoms with Crippen LogP contribution in [0.2, 0.25) is 0 Å². The fourth-order valence-corrected chi connectivity index (χ4v) is 7.89. The number of imide groups is 1. The molecule has 4 aliphatic rings. The number of ether oxygens (including phenoxy) is 1. The predicted molar refractivity (Wildman–Crippen MR) is 195 cm³/mol. The van der Waals surface area contributed by atoms with Crippen molar-refractivity contribution in [3.63, 3.8) is 0 Å². The molecule has 3 aromatic heterocycles. The molecule has 0 saturated carbocycles. The fraction of sp³-hybridized carbons (Fsp3) is 0.486. The molecule has 4 aliphatic heterocycles. The Bertz CT molecular complexity index is 2060. The zero-order valence-electron chi connectivity index (χ0n) is 30.2. The summed E-state index contributed by atoms with van der Waals surface area (Å²) in [5, 5.41) is 11.7. The van der Waals surface area contributed by atoms with E-state index in [1.807, 2.05) is 29.1 Å². The van der Waals surface area contributed by atoms with E-state index in [2.05, 4.69) is 44.2 Å². The average Bonchev–Trinajstić information content (AvgIpc) is 3.70. The molecular formula is C37H44FN11O4. The van der Waals surface area contributed by atoms with Crippen LogP contribution in [0.1, 0.15) is 67.1 Å². The number of anilines is 4. The van der Waals surface area contributed by atoms with Crippen molar-refractivity contribution in [1.82, 2.24) is 39.8 Å². The largest absolute Gasteiger partial charge is 0.381 e. The molecule has 0 spiro atoms. The van der Waals surface area contributed by atoms with E-state index >= 15 is 4.39 Å². The molecule has 1 aromatic carbocycles. The highest BCUT2D eigenvalue weighted by Crippen LogP contribution is 2.33. The standard InChI is InChI=1S/C37H44FN11O4/c1-22(2)49-29-18-31(41-30-6-9-39-37(42-30)47-10-7-25(53-3)8-11-47)40-19-26(29)34(44-49)46-14-12-45(13-15-46)20-23-16-24-21-48(36(52)33(24)27(38)17-23)28-4-5-32(50)43-35(28)51/h6,9,16-19,22,25,28H,4-5,7-8,10-15,20-21H2,1-3H3,(H,43,50,51)(H,39,40,41,42). The number of fused-ring (bicyclic) bond motifs is 2. The van der Waals surface area contributed by atoms with Crippen molar-refractivity contribution < 1.29 is 23.5 Å². The third kappa shape index (κ3) is 6.88. The molecule has 278 valence electrons. The number of aromatic nitrogens is 5. The summed E-state index contributed by atoms with van der Waals surface area (Å²) in [7, 11) is 1.76. The molecule has 16 heteroatoms. The Balaban J connectivity index is 0.928. The smallest absolute Gasteiger partial charge is 0.258 e. The van der Waals surface area contributed by atoms with E-state index < -0.39 is 23.7 Å². The van der Waals surface area contributed by atoms with Crippen molar-refractivity contribution >= 4 is 52.0 Å². The van der Waals surface area contributed by atoms with Crippen LogP contribution in [0.25, 0.3) is 10.9 Å². The highest BCUT2D eigenvalue weighted by molar-refractivity contribution is 6.05. The maximum absolute atomic E-state index is 15.4. The van der Waals surface area contributed by atoms with Gasteiger partial charge in [-0.3, -0.25) is 29.3 Å². The Hall–Kier alpha value is -5.22. The second kappa shape index (κ2) is 14.3. The van der Waals surface area contributed by atoms with Gasteiger partial charge in [-0.2, -0.15) is 10.1 Å². The Morgan fingerprint density at radius 3 is 2.51 bits per heavy atom. The van der Waals surface area contributed by atoms with Crippen molar-refractivity contribution in [3.8, 4) is 0 Å². The second-order valence-corrected chi connectivity index (χ2v) is 14.5. The number of hydrogen-bond donors (Lipinski definition) is 2. The summed E-state index contributed by atoms with van der Waals surface area (Å²) >= 11 is 0. The number of benzene rings is 1. The van der Waals surface area contributed by atoms with E-state index in [9.17, 15) is 14.4 Å². The molecule has 7 heterocycles. The third-order valence-corrected chi connectivity index (χ3v) is 10.7. The van der Waals surface area contributed by atoms with Crippen molar-refractivity contribution in [1.29, 1.82) is 0 Å². The van der Waals surface area contributed by atoms with Gasteiger partial charge in [-0.25, -0.2) is 14.4 Å². The van der Waals surface area contributed by atoms with Gasteiger partial charge in [0.2, 0.25) is 17.8 Å². The molecule has 4 aromatic rings. The molecule has 3 amide bonds. The maximum Gasteiger partial charge on any atom is 0.258 e. The molecule has 3 saturated heterocycles. The number of pyridine rings is 1. The van der Waals surface area contributed by atoms with Gasteiger partial charge < -0.3 is 24.8 Å². The Labute approximate surface area is 306 Å². The van der Waals surface area contributed by atoms with Crippen LogP contribution in [0, 0.1) is 5.82 Å². The Morgan fingerprint density at radius 1 is 0.981 bits per heavy atom. The second-order valence-electron chi connectivity index (χ2n) is 14.5. The first-order valence-electron chi connectivity index (χ1n) is 18.3. The monoisotopic (exact) mass is 725 g/mol. The van der Waals surface area contributed by atoms with E-state index in [1.165, 1.54) is 11.0 Å². The lowest BCUT2D eigenvalue weighted by molar-refractivity contribution is -0.136. The van der Waals surface area contributed by atoms with Crippen molar-refractivity contribution in [3.05, 3.63) is 59.2 Å². The minimum Gasteiger partial charge on any atom is -0.381 e. The number of amides is 3.